The van der Waals surface area contributed by atoms with Crippen LogP contribution < -0.4 is 9.47 Å². The van der Waals surface area contributed by atoms with Gasteiger partial charge in [-0.25, -0.2) is 0 Å². The summed E-state index contributed by atoms with van der Waals surface area (Å²) in [6, 6.07) is 18.3. The van der Waals surface area contributed by atoms with Crippen LogP contribution in [0.4, 0.5) is 0 Å². The molecule has 6 heteroatoms. The molecule has 0 aliphatic carbocycles. The van der Waals surface area contributed by atoms with Crippen molar-refractivity contribution in [3.05, 3.63) is 60.2 Å². The summed E-state index contributed by atoms with van der Waals surface area (Å²) in [6.45, 7) is 9.24. The molecular formula is C30H46Cl2N2O2. The Hall–Kier alpha value is -1.46. The average molecular weight is 538 g/mol. The third-order valence-corrected chi connectivity index (χ3v) is 7.47. The number of rotatable bonds is 13. The summed E-state index contributed by atoms with van der Waals surface area (Å²) in [5.74, 6) is 2.63. The van der Waals surface area contributed by atoms with Crippen LogP contribution in [0.3, 0.4) is 0 Å². The molecule has 2 heterocycles. The average Bonchev–Trinajstić information content (AvgIpc) is 2.90. The number of hydrogen-bond acceptors (Lipinski definition) is 4. The molecule has 2 aliphatic rings. The molecule has 2 aromatic carbocycles. The van der Waals surface area contributed by atoms with Crippen molar-refractivity contribution in [1.82, 2.24) is 9.80 Å². The second-order valence-electron chi connectivity index (χ2n) is 10.1. The topological polar surface area (TPSA) is 24.9 Å². The number of ether oxygens (including phenoxy) is 2. The van der Waals surface area contributed by atoms with Crippen LogP contribution >= 0.6 is 24.8 Å². The highest BCUT2D eigenvalue weighted by Gasteiger charge is 2.19. The minimum Gasteiger partial charge on any atom is -0.494 e. The predicted octanol–water partition coefficient (Wildman–Crippen LogP) is 7.25. The number of nitrogens with zero attached hydrogens (tertiary/aromatic N) is 2. The Morgan fingerprint density at radius 2 is 1.22 bits per heavy atom. The van der Waals surface area contributed by atoms with Crippen molar-refractivity contribution in [3.63, 3.8) is 0 Å². The summed E-state index contributed by atoms with van der Waals surface area (Å²) in [4.78, 5) is 5.36. The molecule has 4 rings (SSSR count). The molecule has 36 heavy (non-hydrogen) atoms. The summed E-state index contributed by atoms with van der Waals surface area (Å²) >= 11 is 0. The first kappa shape index (κ1) is 30.8. The first-order valence-corrected chi connectivity index (χ1v) is 13.7. The van der Waals surface area contributed by atoms with Gasteiger partial charge >= 0.3 is 0 Å². The molecule has 0 spiro atoms. The predicted molar refractivity (Wildman–Crippen MR) is 155 cm³/mol. The lowest BCUT2D eigenvalue weighted by Crippen LogP contribution is -2.35. The van der Waals surface area contributed by atoms with Gasteiger partial charge in [0.25, 0.3) is 0 Å². The van der Waals surface area contributed by atoms with Gasteiger partial charge in [0.1, 0.15) is 18.1 Å². The highest BCUT2D eigenvalue weighted by Crippen LogP contribution is 2.23. The maximum Gasteiger partial charge on any atom is 0.120 e. The van der Waals surface area contributed by atoms with Crippen molar-refractivity contribution < 1.29 is 9.47 Å². The Kier molecular flexibility index (Phi) is 15.3. The Bertz CT molecular complexity index is 792. The van der Waals surface area contributed by atoms with Crippen molar-refractivity contribution in [2.24, 2.45) is 5.92 Å². The largest absolute Gasteiger partial charge is 0.494 e. The summed E-state index contributed by atoms with van der Waals surface area (Å²) in [5.41, 5.74) is 1.18. The van der Waals surface area contributed by atoms with Crippen LogP contribution in [0.15, 0.2) is 54.6 Å². The van der Waals surface area contributed by atoms with Crippen LogP contribution in [0.2, 0.25) is 0 Å². The third kappa shape index (κ3) is 11.3. The number of hydrogen-bond donors (Lipinski definition) is 0. The highest BCUT2D eigenvalue weighted by atomic mass is 35.5. The molecule has 0 amide bonds. The van der Waals surface area contributed by atoms with E-state index in [-0.39, 0.29) is 24.8 Å². The fourth-order valence-electron chi connectivity index (χ4n) is 5.25. The van der Waals surface area contributed by atoms with Crippen LogP contribution in [-0.2, 0) is 6.61 Å². The molecule has 2 saturated heterocycles. The minimum absolute atomic E-state index is 0. The molecule has 0 atom stereocenters. The van der Waals surface area contributed by atoms with Crippen LogP contribution in [0.1, 0.15) is 63.4 Å². The van der Waals surface area contributed by atoms with Gasteiger partial charge in [0, 0.05) is 0 Å². The molecule has 0 radical (unpaired) electrons. The molecule has 2 fully saturated rings. The maximum absolute atomic E-state index is 6.02. The van der Waals surface area contributed by atoms with Gasteiger partial charge in [-0.3, -0.25) is 0 Å². The van der Waals surface area contributed by atoms with Gasteiger partial charge in [-0.05, 0) is 120 Å². The van der Waals surface area contributed by atoms with Gasteiger partial charge < -0.3 is 19.3 Å². The van der Waals surface area contributed by atoms with E-state index >= 15 is 0 Å². The third-order valence-electron chi connectivity index (χ3n) is 7.47. The van der Waals surface area contributed by atoms with Crippen molar-refractivity contribution in [2.45, 2.75) is 64.4 Å². The number of piperidine rings is 2. The molecular weight excluding hydrogens is 491 g/mol. The van der Waals surface area contributed by atoms with E-state index in [0.29, 0.717) is 6.61 Å². The maximum atomic E-state index is 6.02. The second-order valence-corrected chi connectivity index (χ2v) is 10.1. The van der Waals surface area contributed by atoms with E-state index in [0.717, 1.165) is 30.4 Å². The molecule has 0 bridgehead atoms. The first-order chi connectivity index (χ1) is 16.8. The van der Waals surface area contributed by atoms with Crippen LogP contribution in [-0.4, -0.2) is 55.7 Å². The van der Waals surface area contributed by atoms with E-state index in [1.807, 2.05) is 42.5 Å². The van der Waals surface area contributed by atoms with E-state index in [4.69, 9.17) is 9.47 Å². The number of benzene rings is 2. The fraction of sp³-hybridized carbons (Fsp3) is 0.600. The van der Waals surface area contributed by atoms with Gasteiger partial charge in [-0.15, -0.1) is 24.8 Å². The van der Waals surface area contributed by atoms with Gasteiger partial charge in [0.05, 0.1) is 6.61 Å². The Morgan fingerprint density at radius 3 is 1.86 bits per heavy atom. The fourth-order valence-corrected chi connectivity index (χ4v) is 5.25. The van der Waals surface area contributed by atoms with Gasteiger partial charge in [0.2, 0.25) is 0 Å². The van der Waals surface area contributed by atoms with Crippen LogP contribution in [0.5, 0.6) is 11.5 Å². The van der Waals surface area contributed by atoms with Crippen LogP contribution in [0.25, 0.3) is 0 Å². The zero-order valence-electron chi connectivity index (χ0n) is 21.8. The normalized spacial score (nSPS) is 17.1. The van der Waals surface area contributed by atoms with Crippen molar-refractivity contribution in [1.29, 1.82) is 0 Å². The lowest BCUT2D eigenvalue weighted by atomic mass is 9.94. The molecule has 0 unspecified atom stereocenters. The van der Waals surface area contributed by atoms with Crippen molar-refractivity contribution in [2.75, 3.05) is 45.9 Å². The zero-order valence-corrected chi connectivity index (χ0v) is 23.5. The number of halogens is 2. The molecule has 0 saturated carbocycles. The molecule has 2 aliphatic heterocycles. The molecule has 202 valence electrons. The first-order valence-electron chi connectivity index (χ1n) is 13.7. The van der Waals surface area contributed by atoms with Crippen molar-refractivity contribution >= 4 is 24.8 Å². The zero-order chi connectivity index (χ0) is 23.3. The number of likely N-dealkylation sites (tertiary alicyclic amines) is 2. The Balaban J connectivity index is 0.00000228. The smallest absolute Gasteiger partial charge is 0.120 e. The molecule has 0 aromatic heterocycles. The Labute approximate surface area is 231 Å². The summed E-state index contributed by atoms with van der Waals surface area (Å²) in [6.07, 6.45) is 12.2. The molecule has 2 aromatic rings. The van der Waals surface area contributed by atoms with Crippen molar-refractivity contribution in [3.8, 4) is 11.5 Å². The second kappa shape index (κ2) is 17.9. The molecule has 0 N–H and O–H groups in total. The minimum atomic E-state index is 0. The van der Waals surface area contributed by atoms with Crippen LogP contribution in [0, 0.1) is 5.92 Å². The van der Waals surface area contributed by atoms with E-state index < -0.39 is 0 Å². The highest BCUT2D eigenvalue weighted by molar-refractivity contribution is 5.85. The summed E-state index contributed by atoms with van der Waals surface area (Å²) in [5, 5.41) is 0. The lowest BCUT2D eigenvalue weighted by molar-refractivity contribution is 0.160. The van der Waals surface area contributed by atoms with Gasteiger partial charge in [-0.1, -0.05) is 43.2 Å². The quantitative estimate of drug-likeness (QED) is 0.251. The van der Waals surface area contributed by atoms with E-state index in [1.165, 1.54) is 96.2 Å². The summed E-state index contributed by atoms with van der Waals surface area (Å²) in [7, 11) is 0. The molecule has 4 nitrogen and oxygen atoms in total. The van der Waals surface area contributed by atoms with Gasteiger partial charge in [0.15, 0.2) is 0 Å². The monoisotopic (exact) mass is 536 g/mol. The SMILES string of the molecule is Cl.Cl.c1ccc(COc2ccc(OCCC3CCN(CCCCCN4CCCCC4)CC3)cc2)cc1. The van der Waals surface area contributed by atoms with E-state index in [2.05, 4.69) is 21.9 Å². The van der Waals surface area contributed by atoms with E-state index in [1.54, 1.807) is 0 Å². The Morgan fingerprint density at radius 1 is 0.639 bits per heavy atom. The standard InChI is InChI=1S/C30H44N2O2.2ClH/c1-4-10-28(11-5-1)26-34-30-14-12-29(13-15-30)33-25-18-27-16-23-32(24-17-27)22-9-3-8-21-31-19-6-2-7-20-31;;/h1,4-5,10-15,27H,2-3,6-9,16-26H2;2*1H. The van der Waals surface area contributed by atoms with E-state index in [9.17, 15) is 0 Å². The lowest BCUT2D eigenvalue weighted by Gasteiger charge is -2.32. The summed E-state index contributed by atoms with van der Waals surface area (Å²) < 4.78 is 11.9. The van der Waals surface area contributed by atoms with Gasteiger partial charge in [-0.2, -0.15) is 0 Å². The number of unbranched alkanes of at least 4 members (excludes halogenated alkanes) is 2.